The molecule has 0 spiro atoms. The van der Waals surface area contributed by atoms with Gasteiger partial charge in [-0.25, -0.2) is 0 Å². The number of nitrogens with one attached hydrogen (secondary N) is 1. The minimum absolute atomic E-state index is 0.299. The molecular weight excluding hydrogens is 218 g/mol. The molecule has 0 unspecified atom stereocenters. The molecule has 0 amide bonds. The molecule has 0 bridgehead atoms. The van der Waals surface area contributed by atoms with Gasteiger partial charge in [-0.2, -0.15) is 0 Å². The Morgan fingerprint density at radius 1 is 1.25 bits per heavy atom. The Kier molecular flexibility index (Phi) is 5.30. The molecule has 0 aliphatic carbocycles. The van der Waals surface area contributed by atoms with E-state index < -0.39 is 0 Å². The Hall–Kier alpha value is -0.530. The molecule has 0 radical (unpaired) electrons. The molecule has 0 fully saturated rings. The number of halogens is 1. The molecule has 0 aromatic heterocycles. The van der Waals surface area contributed by atoms with E-state index in [0.717, 1.165) is 24.5 Å². The first-order valence-corrected chi connectivity index (χ1v) is 6.37. The summed E-state index contributed by atoms with van der Waals surface area (Å²) in [6.45, 7) is 8.86. The zero-order valence-electron chi connectivity index (χ0n) is 10.5. The average molecular weight is 240 g/mol. The summed E-state index contributed by atoms with van der Waals surface area (Å²) in [5, 5.41) is 4.26. The van der Waals surface area contributed by atoms with Crippen LogP contribution in [0.2, 0.25) is 5.02 Å². The van der Waals surface area contributed by atoms with Crippen LogP contribution in [0, 0.1) is 5.41 Å². The lowest BCUT2D eigenvalue weighted by Gasteiger charge is -2.25. The third kappa shape index (κ3) is 4.54. The Labute approximate surface area is 104 Å². The van der Waals surface area contributed by atoms with Gasteiger partial charge in [0.2, 0.25) is 0 Å². The lowest BCUT2D eigenvalue weighted by atomic mass is 9.82. The molecule has 0 atom stereocenters. The average Bonchev–Trinajstić information content (AvgIpc) is 2.21. The van der Waals surface area contributed by atoms with Crippen molar-refractivity contribution in [2.24, 2.45) is 5.41 Å². The van der Waals surface area contributed by atoms with Crippen LogP contribution in [0.4, 0.5) is 0 Å². The predicted octanol–water partition coefficient (Wildman–Crippen LogP) is 3.91. The summed E-state index contributed by atoms with van der Waals surface area (Å²) < 4.78 is 0. The Morgan fingerprint density at radius 2 is 1.94 bits per heavy atom. The molecule has 1 aromatic rings. The largest absolute Gasteiger partial charge is 0.317 e. The summed E-state index contributed by atoms with van der Waals surface area (Å²) >= 11 is 6.18. The fourth-order valence-electron chi connectivity index (χ4n) is 1.85. The standard InChI is InChI=1S/C14H22ClN/c1-4-16-10-9-14(2,3)11-12-7-5-6-8-13(12)15/h5-8,16H,4,9-11H2,1-3H3. The molecule has 2 heteroatoms. The summed E-state index contributed by atoms with van der Waals surface area (Å²) in [5.74, 6) is 0. The van der Waals surface area contributed by atoms with Gasteiger partial charge in [-0.05, 0) is 43.0 Å². The Morgan fingerprint density at radius 3 is 2.56 bits per heavy atom. The van der Waals surface area contributed by atoms with Crippen LogP contribution < -0.4 is 5.32 Å². The summed E-state index contributed by atoms with van der Waals surface area (Å²) in [5.41, 5.74) is 1.55. The minimum Gasteiger partial charge on any atom is -0.317 e. The second-order valence-electron chi connectivity index (χ2n) is 5.04. The maximum absolute atomic E-state index is 6.18. The van der Waals surface area contributed by atoms with E-state index in [1.807, 2.05) is 12.1 Å². The van der Waals surface area contributed by atoms with Crippen LogP contribution in [0.5, 0.6) is 0 Å². The molecule has 1 rings (SSSR count). The quantitative estimate of drug-likeness (QED) is 0.743. The molecule has 90 valence electrons. The van der Waals surface area contributed by atoms with E-state index in [1.165, 1.54) is 12.0 Å². The van der Waals surface area contributed by atoms with Crippen LogP contribution in [-0.2, 0) is 6.42 Å². The van der Waals surface area contributed by atoms with E-state index in [9.17, 15) is 0 Å². The van der Waals surface area contributed by atoms with Gasteiger partial charge in [0.15, 0.2) is 0 Å². The number of rotatable bonds is 6. The van der Waals surface area contributed by atoms with Crippen molar-refractivity contribution < 1.29 is 0 Å². The van der Waals surface area contributed by atoms with E-state index in [0.29, 0.717) is 5.41 Å². The molecule has 0 aliphatic rings. The first-order chi connectivity index (χ1) is 7.55. The Balaban J connectivity index is 2.55. The maximum Gasteiger partial charge on any atom is 0.0438 e. The maximum atomic E-state index is 6.18. The van der Waals surface area contributed by atoms with E-state index in [4.69, 9.17) is 11.6 Å². The van der Waals surface area contributed by atoms with Crippen LogP contribution in [0.3, 0.4) is 0 Å². The van der Waals surface area contributed by atoms with Crippen molar-refractivity contribution in [3.05, 3.63) is 34.9 Å². The molecule has 1 nitrogen and oxygen atoms in total. The molecular formula is C14H22ClN. The third-order valence-corrected chi connectivity index (χ3v) is 3.22. The molecule has 1 aromatic carbocycles. The summed E-state index contributed by atoms with van der Waals surface area (Å²) in [6, 6.07) is 8.13. The van der Waals surface area contributed by atoms with Crippen LogP contribution in [0.1, 0.15) is 32.8 Å². The van der Waals surface area contributed by atoms with E-state index in [2.05, 4.69) is 38.2 Å². The smallest absolute Gasteiger partial charge is 0.0438 e. The summed E-state index contributed by atoms with van der Waals surface area (Å²) in [6.07, 6.45) is 2.21. The predicted molar refractivity (Wildman–Crippen MR) is 72.1 cm³/mol. The molecule has 0 heterocycles. The first-order valence-electron chi connectivity index (χ1n) is 5.99. The van der Waals surface area contributed by atoms with Gasteiger partial charge in [0.05, 0.1) is 0 Å². The van der Waals surface area contributed by atoms with E-state index >= 15 is 0 Å². The zero-order chi connectivity index (χ0) is 12.0. The highest BCUT2D eigenvalue weighted by Gasteiger charge is 2.18. The van der Waals surface area contributed by atoms with Gasteiger partial charge in [0.25, 0.3) is 0 Å². The molecule has 0 aliphatic heterocycles. The van der Waals surface area contributed by atoms with Crippen LogP contribution in [0.15, 0.2) is 24.3 Å². The number of hydrogen-bond donors (Lipinski definition) is 1. The van der Waals surface area contributed by atoms with Gasteiger partial charge in [-0.3, -0.25) is 0 Å². The van der Waals surface area contributed by atoms with Crippen LogP contribution in [0.25, 0.3) is 0 Å². The lowest BCUT2D eigenvalue weighted by Crippen LogP contribution is -2.24. The van der Waals surface area contributed by atoms with Crippen molar-refractivity contribution in [3.8, 4) is 0 Å². The van der Waals surface area contributed by atoms with Crippen molar-refractivity contribution >= 4 is 11.6 Å². The van der Waals surface area contributed by atoms with Gasteiger partial charge in [-0.1, -0.05) is 50.6 Å². The highest BCUT2D eigenvalue weighted by molar-refractivity contribution is 6.31. The second kappa shape index (κ2) is 6.27. The molecule has 16 heavy (non-hydrogen) atoms. The first kappa shape index (κ1) is 13.5. The Bertz CT molecular complexity index is 320. The monoisotopic (exact) mass is 239 g/mol. The fourth-order valence-corrected chi connectivity index (χ4v) is 2.05. The molecule has 0 saturated carbocycles. The van der Waals surface area contributed by atoms with Gasteiger partial charge >= 0.3 is 0 Å². The van der Waals surface area contributed by atoms with Crippen molar-refractivity contribution in [3.63, 3.8) is 0 Å². The second-order valence-corrected chi connectivity index (χ2v) is 5.44. The van der Waals surface area contributed by atoms with Gasteiger partial charge in [0.1, 0.15) is 0 Å². The normalized spacial score (nSPS) is 11.8. The van der Waals surface area contributed by atoms with Crippen molar-refractivity contribution in [1.82, 2.24) is 5.32 Å². The minimum atomic E-state index is 0.299. The van der Waals surface area contributed by atoms with Crippen molar-refractivity contribution in [2.75, 3.05) is 13.1 Å². The third-order valence-electron chi connectivity index (χ3n) is 2.86. The summed E-state index contributed by atoms with van der Waals surface area (Å²) in [4.78, 5) is 0. The molecule has 1 N–H and O–H groups in total. The van der Waals surface area contributed by atoms with Gasteiger partial charge in [0, 0.05) is 5.02 Å². The van der Waals surface area contributed by atoms with Gasteiger partial charge < -0.3 is 5.32 Å². The fraction of sp³-hybridized carbons (Fsp3) is 0.571. The van der Waals surface area contributed by atoms with E-state index in [1.54, 1.807) is 0 Å². The lowest BCUT2D eigenvalue weighted by molar-refractivity contribution is 0.327. The zero-order valence-corrected chi connectivity index (χ0v) is 11.3. The number of hydrogen-bond acceptors (Lipinski definition) is 1. The topological polar surface area (TPSA) is 12.0 Å². The SMILES string of the molecule is CCNCCC(C)(C)Cc1ccccc1Cl. The van der Waals surface area contributed by atoms with E-state index in [-0.39, 0.29) is 0 Å². The highest BCUT2D eigenvalue weighted by Crippen LogP contribution is 2.28. The van der Waals surface area contributed by atoms with Crippen LogP contribution >= 0.6 is 11.6 Å². The number of benzene rings is 1. The van der Waals surface area contributed by atoms with Crippen LogP contribution in [-0.4, -0.2) is 13.1 Å². The summed E-state index contributed by atoms with van der Waals surface area (Å²) in [7, 11) is 0. The molecule has 0 saturated heterocycles. The van der Waals surface area contributed by atoms with Crippen molar-refractivity contribution in [2.45, 2.75) is 33.6 Å². The van der Waals surface area contributed by atoms with Gasteiger partial charge in [-0.15, -0.1) is 0 Å². The highest BCUT2D eigenvalue weighted by atomic mass is 35.5. The van der Waals surface area contributed by atoms with Crippen molar-refractivity contribution in [1.29, 1.82) is 0 Å².